The molecule has 0 aliphatic rings. The van der Waals surface area contributed by atoms with Crippen molar-refractivity contribution < 1.29 is 56.3 Å². The fourth-order valence-electron chi connectivity index (χ4n) is 5.45. The van der Waals surface area contributed by atoms with E-state index in [4.69, 9.17) is 31.0 Å². The number of methoxy groups -OCH3 is 2. The van der Waals surface area contributed by atoms with Gasteiger partial charge in [-0.1, -0.05) is 6.07 Å². The fourth-order valence-corrected chi connectivity index (χ4v) is 5.84. The summed E-state index contributed by atoms with van der Waals surface area (Å²) in [4.78, 5) is 55.8. The Bertz CT molecular complexity index is 2660. The van der Waals surface area contributed by atoms with E-state index < -0.39 is 54.0 Å². The number of nitrogens with one attached hydrogen (secondary N) is 2. The zero-order valence-corrected chi connectivity index (χ0v) is 34.7. The molecule has 0 radical (unpaired) electrons. The first-order chi connectivity index (χ1) is 29.3. The van der Waals surface area contributed by atoms with E-state index in [2.05, 4.69) is 36.5 Å². The van der Waals surface area contributed by atoms with Crippen molar-refractivity contribution in [3.8, 4) is 22.6 Å². The number of rotatable bonds is 10. The standard InChI is InChI=1S/C21H17F2N3O3.C14H11BrFN3O2.C7H8BFO3/c1-11-7-15(17(10-25-11)14-5-3-12(22)8-19(14)29-2)21(28)26-13-4-6-18(23)16(9-13)20(24)27;1-7-4-9(11(15)6-18-7)14(21)19-8-2-3-12(16)10(5-8)13(17)20;1-12-7-4-5(9)2-3-6(7)8(10)11/h3-10H,1-2H3,(H2,24,27)(H,26,28);2-6H,1H3,(H2,17,20)(H,19,21);2-4,10-11H,1H3. The summed E-state index contributed by atoms with van der Waals surface area (Å²) >= 11 is 3.24. The summed E-state index contributed by atoms with van der Waals surface area (Å²) in [5.41, 5.74) is 13.0. The van der Waals surface area contributed by atoms with Crippen molar-refractivity contribution in [3.05, 3.63) is 159 Å². The van der Waals surface area contributed by atoms with Crippen LogP contribution in [-0.4, -0.2) is 65.0 Å². The Hall–Kier alpha value is -7.16. The number of carbonyl (C=O) groups is 4. The van der Waals surface area contributed by atoms with Gasteiger partial charge in [-0.2, -0.15) is 0 Å². The highest BCUT2D eigenvalue weighted by molar-refractivity contribution is 9.10. The first kappa shape index (κ1) is 47.5. The second-order valence-corrected chi connectivity index (χ2v) is 13.7. The molecule has 2 aromatic heterocycles. The van der Waals surface area contributed by atoms with Gasteiger partial charge in [0.1, 0.15) is 34.8 Å². The largest absolute Gasteiger partial charge is 0.497 e. The number of benzene rings is 4. The lowest BCUT2D eigenvalue weighted by Crippen LogP contribution is -2.31. The molecule has 14 nitrogen and oxygen atoms in total. The van der Waals surface area contributed by atoms with Gasteiger partial charge in [0, 0.05) is 68.4 Å². The molecule has 6 rings (SSSR count). The van der Waals surface area contributed by atoms with Crippen LogP contribution in [0.5, 0.6) is 11.5 Å². The third-order valence-electron chi connectivity index (χ3n) is 8.43. The molecule has 0 unspecified atom stereocenters. The van der Waals surface area contributed by atoms with Gasteiger partial charge in [-0.3, -0.25) is 29.1 Å². The van der Waals surface area contributed by atoms with E-state index in [0.717, 1.165) is 30.3 Å². The first-order valence-electron chi connectivity index (χ1n) is 17.8. The molecule has 0 bridgehead atoms. The molecule has 0 saturated heterocycles. The van der Waals surface area contributed by atoms with Crippen molar-refractivity contribution >= 4 is 63.5 Å². The van der Waals surface area contributed by atoms with Crippen LogP contribution in [0.25, 0.3) is 11.1 Å². The number of amides is 4. The minimum atomic E-state index is -1.64. The van der Waals surface area contributed by atoms with E-state index in [1.165, 1.54) is 69.1 Å². The average molecular weight is 919 g/mol. The zero-order valence-electron chi connectivity index (χ0n) is 33.1. The van der Waals surface area contributed by atoms with Crippen molar-refractivity contribution in [1.82, 2.24) is 9.97 Å². The molecule has 0 atom stereocenters. The van der Waals surface area contributed by atoms with Gasteiger partial charge in [0.05, 0.1) is 36.5 Å². The van der Waals surface area contributed by atoms with Crippen LogP contribution in [0.1, 0.15) is 52.8 Å². The molecule has 62 heavy (non-hydrogen) atoms. The Morgan fingerprint density at radius 1 is 0.613 bits per heavy atom. The molecule has 0 aliphatic carbocycles. The summed E-state index contributed by atoms with van der Waals surface area (Å²) in [6.07, 6.45) is 3.00. The highest BCUT2D eigenvalue weighted by Crippen LogP contribution is 2.33. The number of aromatic nitrogens is 2. The van der Waals surface area contributed by atoms with Crippen molar-refractivity contribution in [2.24, 2.45) is 11.5 Å². The van der Waals surface area contributed by atoms with E-state index >= 15 is 0 Å². The molecule has 6 aromatic rings. The molecular weight excluding hydrogens is 883 g/mol. The molecule has 0 saturated carbocycles. The van der Waals surface area contributed by atoms with E-state index in [-0.39, 0.29) is 45.0 Å². The lowest BCUT2D eigenvalue weighted by Gasteiger charge is -2.14. The molecule has 8 N–H and O–H groups in total. The van der Waals surface area contributed by atoms with Gasteiger partial charge in [-0.05, 0) is 96.5 Å². The van der Waals surface area contributed by atoms with Gasteiger partial charge >= 0.3 is 7.12 Å². The maximum atomic E-state index is 13.7. The predicted molar refractivity (Wildman–Crippen MR) is 226 cm³/mol. The number of primary amides is 2. The van der Waals surface area contributed by atoms with Crippen molar-refractivity contribution in [3.63, 3.8) is 0 Å². The number of ether oxygens (including phenoxy) is 2. The van der Waals surface area contributed by atoms with Gasteiger partial charge < -0.3 is 41.6 Å². The quantitative estimate of drug-likeness (QED) is 0.0709. The maximum Gasteiger partial charge on any atom is 0.492 e. The van der Waals surface area contributed by atoms with Crippen LogP contribution in [0.4, 0.5) is 28.9 Å². The summed E-state index contributed by atoms with van der Waals surface area (Å²) in [6.45, 7) is 3.47. The number of nitrogens with two attached hydrogens (primary N) is 2. The highest BCUT2D eigenvalue weighted by Gasteiger charge is 2.20. The Balaban J connectivity index is 0.000000223. The van der Waals surface area contributed by atoms with Crippen LogP contribution in [0.15, 0.2) is 102 Å². The zero-order chi connectivity index (χ0) is 45.8. The SMILES string of the molecule is COc1cc(F)ccc1-c1cnc(C)cc1C(=O)Nc1ccc(F)c(C(N)=O)c1.COc1cc(F)ccc1B(O)O.Cc1cc(C(=O)Nc2ccc(F)c(C(N)=O)c2)c(Br)cn1. The van der Waals surface area contributed by atoms with E-state index in [9.17, 15) is 36.7 Å². The van der Waals surface area contributed by atoms with Crippen LogP contribution < -0.4 is 37.0 Å². The second-order valence-electron chi connectivity index (χ2n) is 12.8. The van der Waals surface area contributed by atoms with Crippen LogP contribution in [0, 0.1) is 37.1 Å². The highest BCUT2D eigenvalue weighted by atomic mass is 79.9. The maximum absolute atomic E-state index is 13.7. The molecule has 0 aliphatic heterocycles. The lowest BCUT2D eigenvalue weighted by molar-refractivity contribution is 0.0987. The Kier molecular flexibility index (Phi) is 16.4. The molecule has 2 heterocycles. The number of aryl methyl sites for hydroxylation is 2. The topological polar surface area (TPSA) is 229 Å². The van der Waals surface area contributed by atoms with E-state index in [1.807, 2.05) is 0 Å². The number of nitrogens with zero attached hydrogens (tertiary/aromatic N) is 2. The van der Waals surface area contributed by atoms with Gasteiger partial charge in [-0.15, -0.1) is 0 Å². The normalized spacial score (nSPS) is 10.2. The first-order valence-corrected chi connectivity index (χ1v) is 18.6. The molecule has 4 aromatic carbocycles. The lowest BCUT2D eigenvalue weighted by atomic mass is 9.79. The van der Waals surface area contributed by atoms with Gasteiger partial charge in [0.25, 0.3) is 23.6 Å². The smallest absolute Gasteiger partial charge is 0.492 e. The second kappa shape index (κ2) is 21.4. The Morgan fingerprint density at radius 2 is 1.08 bits per heavy atom. The molecule has 320 valence electrons. The van der Waals surface area contributed by atoms with Crippen molar-refractivity contribution in [2.45, 2.75) is 13.8 Å². The summed E-state index contributed by atoms with van der Waals surface area (Å²) < 4.78 is 63.6. The van der Waals surface area contributed by atoms with Gasteiger partial charge in [-0.25, -0.2) is 17.6 Å². The third-order valence-corrected chi connectivity index (χ3v) is 9.06. The fraction of sp³-hybridized carbons (Fsp3) is 0.0952. The van der Waals surface area contributed by atoms with Gasteiger partial charge in [0.2, 0.25) is 0 Å². The van der Waals surface area contributed by atoms with Crippen LogP contribution >= 0.6 is 15.9 Å². The predicted octanol–water partition coefficient (Wildman–Crippen LogP) is 5.85. The van der Waals surface area contributed by atoms with Crippen molar-refractivity contribution in [1.29, 1.82) is 0 Å². The summed E-state index contributed by atoms with van der Waals surface area (Å²) in [6, 6.07) is 17.7. The number of hydrogen-bond donors (Lipinski definition) is 6. The minimum absolute atomic E-state index is 0.130. The van der Waals surface area contributed by atoms with E-state index in [0.29, 0.717) is 32.6 Å². The number of pyridine rings is 2. The number of halogens is 5. The number of hydrogen-bond acceptors (Lipinski definition) is 10. The summed E-state index contributed by atoms with van der Waals surface area (Å²) in [7, 11) is 1.09. The van der Waals surface area contributed by atoms with Crippen LogP contribution in [-0.2, 0) is 0 Å². The van der Waals surface area contributed by atoms with Gasteiger partial charge in [0.15, 0.2) is 0 Å². The number of anilines is 2. The van der Waals surface area contributed by atoms with Crippen LogP contribution in [0.2, 0.25) is 0 Å². The summed E-state index contributed by atoms with van der Waals surface area (Å²) in [5, 5.41) is 22.7. The molecule has 0 spiro atoms. The van der Waals surface area contributed by atoms with E-state index in [1.54, 1.807) is 26.0 Å². The average Bonchev–Trinajstić information content (AvgIpc) is 3.23. The van der Waals surface area contributed by atoms with Crippen LogP contribution in [0.3, 0.4) is 0 Å². The Labute approximate surface area is 360 Å². The Morgan fingerprint density at radius 3 is 1.58 bits per heavy atom. The summed E-state index contributed by atoms with van der Waals surface area (Å²) in [5.74, 6) is -4.90. The molecular formula is C42H36BBrF4N6O8. The molecule has 0 fully saturated rings. The monoisotopic (exact) mass is 918 g/mol. The number of carbonyl (C=O) groups excluding carboxylic acids is 4. The minimum Gasteiger partial charge on any atom is -0.497 e. The van der Waals surface area contributed by atoms with Crippen molar-refractivity contribution in [2.75, 3.05) is 24.9 Å². The molecule has 20 heteroatoms. The molecule has 4 amide bonds. The third kappa shape index (κ3) is 12.4.